The number of carbonyl (C=O) groups is 1. The lowest BCUT2D eigenvalue weighted by atomic mass is 9.70. The van der Waals surface area contributed by atoms with Gasteiger partial charge in [0.05, 0.1) is 28.9 Å². The number of amides is 1. The first kappa shape index (κ1) is 16.1. The van der Waals surface area contributed by atoms with E-state index in [0.717, 1.165) is 44.2 Å². The predicted molar refractivity (Wildman–Crippen MR) is 93.9 cm³/mol. The SMILES string of the molecule is CC(NC(=O)c1c[nH]c2ncc(C3CC3)nc12)C1(C#N)CCCCC1. The average molecular weight is 337 g/mol. The number of rotatable bonds is 4. The number of aromatic amines is 1. The fraction of sp³-hybridized carbons (Fsp3) is 0.579. The maximum Gasteiger partial charge on any atom is 0.255 e. The normalized spacial score (nSPS) is 20.8. The van der Waals surface area contributed by atoms with Gasteiger partial charge in [0.1, 0.15) is 5.52 Å². The van der Waals surface area contributed by atoms with Gasteiger partial charge in [0.2, 0.25) is 0 Å². The minimum Gasteiger partial charge on any atom is -0.348 e. The van der Waals surface area contributed by atoms with Crippen LogP contribution >= 0.6 is 0 Å². The van der Waals surface area contributed by atoms with Crippen molar-refractivity contribution in [2.75, 3.05) is 0 Å². The third-order valence-electron chi connectivity index (χ3n) is 5.78. The van der Waals surface area contributed by atoms with Crippen molar-refractivity contribution in [3.8, 4) is 6.07 Å². The zero-order chi connectivity index (χ0) is 17.4. The van der Waals surface area contributed by atoms with Crippen LogP contribution in [0, 0.1) is 16.7 Å². The van der Waals surface area contributed by atoms with Gasteiger partial charge in [-0.1, -0.05) is 19.3 Å². The number of aromatic nitrogens is 3. The smallest absolute Gasteiger partial charge is 0.255 e. The minimum atomic E-state index is -0.453. The second-order valence-electron chi connectivity index (χ2n) is 7.49. The Bertz CT molecular complexity index is 839. The van der Waals surface area contributed by atoms with E-state index in [1.165, 1.54) is 6.42 Å². The van der Waals surface area contributed by atoms with E-state index in [1.807, 2.05) is 6.92 Å². The highest BCUT2D eigenvalue weighted by Crippen LogP contribution is 2.40. The molecule has 25 heavy (non-hydrogen) atoms. The van der Waals surface area contributed by atoms with Crippen LogP contribution in [0.2, 0.25) is 0 Å². The quantitative estimate of drug-likeness (QED) is 0.893. The van der Waals surface area contributed by atoms with Crippen LogP contribution in [-0.2, 0) is 0 Å². The Balaban J connectivity index is 1.57. The van der Waals surface area contributed by atoms with Gasteiger partial charge in [-0.15, -0.1) is 0 Å². The number of hydrogen-bond acceptors (Lipinski definition) is 4. The van der Waals surface area contributed by atoms with Crippen LogP contribution in [0.25, 0.3) is 11.2 Å². The fourth-order valence-electron chi connectivity index (χ4n) is 3.89. The molecule has 2 aromatic rings. The number of carbonyl (C=O) groups excluding carboxylic acids is 1. The highest BCUT2D eigenvalue weighted by atomic mass is 16.1. The van der Waals surface area contributed by atoms with Gasteiger partial charge >= 0.3 is 0 Å². The third-order valence-corrected chi connectivity index (χ3v) is 5.78. The molecule has 1 atom stereocenters. The van der Waals surface area contributed by atoms with Gasteiger partial charge in [-0.05, 0) is 32.6 Å². The number of H-pyrrole nitrogens is 1. The van der Waals surface area contributed by atoms with Crippen molar-refractivity contribution < 1.29 is 4.79 Å². The van der Waals surface area contributed by atoms with Crippen molar-refractivity contribution in [1.82, 2.24) is 20.3 Å². The summed E-state index contributed by atoms with van der Waals surface area (Å²) in [5.41, 5.74) is 2.29. The third kappa shape index (κ3) is 2.88. The molecule has 0 spiro atoms. The topological polar surface area (TPSA) is 94.5 Å². The first-order valence-corrected chi connectivity index (χ1v) is 9.19. The Morgan fingerprint density at radius 2 is 2.16 bits per heavy atom. The largest absolute Gasteiger partial charge is 0.348 e. The average Bonchev–Trinajstić information content (AvgIpc) is 3.41. The van der Waals surface area contributed by atoms with Crippen LogP contribution in [-0.4, -0.2) is 26.9 Å². The van der Waals surface area contributed by atoms with E-state index < -0.39 is 5.41 Å². The van der Waals surface area contributed by atoms with Crippen LogP contribution in [0.1, 0.15) is 73.8 Å². The molecule has 2 fully saturated rings. The summed E-state index contributed by atoms with van der Waals surface area (Å²) in [5.74, 6) is 0.312. The van der Waals surface area contributed by atoms with Gasteiger partial charge in [0.25, 0.3) is 5.91 Å². The molecule has 1 unspecified atom stereocenters. The molecule has 2 aromatic heterocycles. The Kier molecular flexibility index (Phi) is 3.95. The van der Waals surface area contributed by atoms with Gasteiger partial charge in [-0.25, -0.2) is 9.97 Å². The summed E-state index contributed by atoms with van der Waals surface area (Å²) >= 11 is 0. The molecular formula is C19H23N5O. The van der Waals surface area contributed by atoms with E-state index >= 15 is 0 Å². The molecule has 1 amide bonds. The van der Waals surface area contributed by atoms with Gasteiger partial charge in [-0.3, -0.25) is 4.79 Å². The Morgan fingerprint density at radius 3 is 2.84 bits per heavy atom. The van der Waals surface area contributed by atoms with E-state index in [2.05, 4.69) is 26.3 Å². The molecule has 0 aromatic carbocycles. The zero-order valence-corrected chi connectivity index (χ0v) is 14.5. The maximum absolute atomic E-state index is 12.8. The van der Waals surface area contributed by atoms with Gasteiger partial charge in [-0.2, -0.15) is 5.26 Å². The van der Waals surface area contributed by atoms with Crippen molar-refractivity contribution >= 4 is 17.1 Å². The monoisotopic (exact) mass is 337 g/mol. The van der Waals surface area contributed by atoms with Gasteiger partial charge < -0.3 is 10.3 Å². The van der Waals surface area contributed by atoms with Crippen LogP contribution < -0.4 is 5.32 Å². The van der Waals surface area contributed by atoms with Crippen LogP contribution in [0.5, 0.6) is 0 Å². The summed E-state index contributed by atoms with van der Waals surface area (Å²) in [6.45, 7) is 1.95. The number of fused-ring (bicyclic) bond motifs is 1. The first-order valence-electron chi connectivity index (χ1n) is 9.19. The molecule has 0 saturated heterocycles. The summed E-state index contributed by atoms with van der Waals surface area (Å²) in [6.07, 6.45) is 10.7. The van der Waals surface area contributed by atoms with Crippen LogP contribution in [0.3, 0.4) is 0 Å². The Labute approximate surface area is 147 Å². The number of nitriles is 1. The van der Waals surface area contributed by atoms with E-state index in [1.54, 1.807) is 12.4 Å². The zero-order valence-electron chi connectivity index (χ0n) is 14.5. The molecule has 130 valence electrons. The van der Waals surface area contributed by atoms with E-state index in [-0.39, 0.29) is 11.9 Å². The summed E-state index contributed by atoms with van der Waals surface area (Å²) in [7, 11) is 0. The lowest BCUT2D eigenvalue weighted by Crippen LogP contribution is -2.46. The summed E-state index contributed by atoms with van der Waals surface area (Å²) in [5, 5.41) is 12.8. The molecule has 2 saturated carbocycles. The van der Waals surface area contributed by atoms with Crippen molar-refractivity contribution in [1.29, 1.82) is 5.26 Å². The standard InChI is InChI=1S/C19H23N5O/c1-12(19(11-20)7-3-2-4-8-19)23-18(25)14-9-21-17-16(14)24-15(10-22-17)13-5-6-13/h9-10,12-13H,2-8H2,1H3,(H,21,22)(H,23,25). The number of nitrogens with one attached hydrogen (secondary N) is 2. The van der Waals surface area contributed by atoms with Gasteiger partial charge in [0, 0.05) is 18.2 Å². The second-order valence-corrected chi connectivity index (χ2v) is 7.49. The molecule has 4 rings (SSSR count). The van der Waals surface area contributed by atoms with Crippen LogP contribution in [0.4, 0.5) is 0 Å². The fourth-order valence-corrected chi connectivity index (χ4v) is 3.89. The van der Waals surface area contributed by atoms with Crippen LogP contribution in [0.15, 0.2) is 12.4 Å². The molecular weight excluding hydrogens is 314 g/mol. The van der Waals surface area contributed by atoms with E-state index in [0.29, 0.717) is 22.6 Å². The minimum absolute atomic E-state index is 0.179. The predicted octanol–water partition coefficient (Wildman–Crippen LogP) is 3.43. The van der Waals surface area contributed by atoms with Crippen molar-refractivity contribution in [2.45, 2.75) is 63.8 Å². The summed E-state index contributed by atoms with van der Waals surface area (Å²) in [6, 6.07) is 2.30. The highest BCUT2D eigenvalue weighted by Gasteiger charge is 2.39. The maximum atomic E-state index is 12.8. The summed E-state index contributed by atoms with van der Waals surface area (Å²) < 4.78 is 0. The molecule has 0 radical (unpaired) electrons. The molecule has 2 heterocycles. The molecule has 2 aliphatic rings. The molecule has 0 bridgehead atoms. The van der Waals surface area contributed by atoms with Crippen molar-refractivity contribution in [2.24, 2.45) is 5.41 Å². The van der Waals surface area contributed by atoms with E-state index in [4.69, 9.17) is 0 Å². The number of hydrogen-bond donors (Lipinski definition) is 2. The number of nitrogens with zero attached hydrogens (tertiary/aromatic N) is 3. The molecule has 0 aliphatic heterocycles. The summed E-state index contributed by atoms with van der Waals surface area (Å²) in [4.78, 5) is 24.9. The van der Waals surface area contributed by atoms with Crippen molar-refractivity contribution in [3.05, 3.63) is 23.7 Å². The molecule has 6 nitrogen and oxygen atoms in total. The molecule has 2 N–H and O–H groups in total. The van der Waals surface area contributed by atoms with Gasteiger partial charge in [0.15, 0.2) is 5.65 Å². The van der Waals surface area contributed by atoms with E-state index in [9.17, 15) is 10.1 Å². The Hall–Kier alpha value is -2.42. The second kappa shape index (κ2) is 6.14. The molecule has 2 aliphatic carbocycles. The Morgan fingerprint density at radius 1 is 1.40 bits per heavy atom. The first-order chi connectivity index (χ1) is 12.1. The highest BCUT2D eigenvalue weighted by molar-refractivity contribution is 6.04. The molecule has 6 heteroatoms. The lowest BCUT2D eigenvalue weighted by molar-refractivity contribution is 0.0893. The van der Waals surface area contributed by atoms with Crippen molar-refractivity contribution in [3.63, 3.8) is 0 Å². The lowest BCUT2D eigenvalue weighted by Gasteiger charge is -2.36.